The topological polar surface area (TPSA) is 58.2 Å². The number of benzene rings is 1. The molecule has 0 radical (unpaired) electrons. The molecule has 0 heterocycles. The first-order valence-corrected chi connectivity index (χ1v) is 7.78. The van der Waals surface area contributed by atoms with Gasteiger partial charge in [-0.2, -0.15) is 0 Å². The standard InChI is InChI=1S/C13H22N2O2S/c1-4-14-10-11(2)18(16,17)15-12(3)13-8-6-5-7-9-13/h5-9,11-12,14-15H,4,10H2,1-3H3. The molecule has 0 bridgehead atoms. The van der Waals surface area contributed by atoms with Gasteiger partial charge in [0.25, 0.3) is 0 Å². The third-order valence-electron chi connectivity index (χ3n) is 2.85. The maximum atomic E-state index is 12.1. The molecule has 2 unspecified atom stereocenters. The maximum Gasteiger partial charge on any atom is 0.216 e. The predicted molar refractivity (Wildman–Crippen MR) is 74.9 cm³/mol. The summed E-state index contributed by atoms with van der Waals surface area (Å²) in [7, 11) is -3.29. The summed E-state index contributed by atoms with van der Waals surface area (Å²) in [6.45, 7) is 6.76. The van der Waals surface area contributed by atoms with Crippen molar-refractivity contribution in [1.82, 2.24) is 10.0 Å². The van der Waals surface area contributed by atoms with Crippen LogP contribution in [0.3, 0.4) is 0 Å². The molecule has 0 fully saturated rings. The number of hydrogen-bond acceptors (Lipinski definition) is 3. The minimum absolute atomic E-state index is 0.208. The predicted octanol–water partition coefficient (Wildman–Crippen LogP) is 1.66. The summed E-state index contributed by atoms with van der Waals surface area (Å²) in [6, 6.07) is 9.35. The fourth-order valence-electron chi connectivity index (χ4n) is 1.63. The van der Waals surface area contributed by atoms with Gasteiger partial charge in [0.2, 0.25) is 10.0 Å². The second kappa shape index (κ2) is 6.87. The quantitative estimate of drug-likeness (QED) is 0.792. The highest BCUT2D eigenvalue weighted by molar-refractivity contribution is 7.90. The SMILES string of the molecule is CCNCC(C)S(=O)(=O)NC(C)c1ccccc1. The summed E-state index contributed by atoms with van der Waals surface area (Å²) in [5, 5.41) is 2.61. The molecule has 0 saturated heterocycles. The molecule has 0 aliphatic carbocycles. The lowest BCUT2D eigenvalue weighted by molar-refractivity contribution is 0.547. The van der Waals surface area contributed by atoms with Crippen LogP contribution >= 0.6 is 0 Å². The Bertz CT molecular complexity index is 445. The van der Waals surface area contributed by atoms with E-state index in [4.69, 9.17) is 0 Å². The molecule has 5 heteroatoms. The Labute approximate surface area is 110 Å². The van der Waals surface area contributed by atoms with Gasteiger partial charge in [-0.3, -0.25) is 0 Å². The van der Waals surface area contributed by atoms with Crippen LogP contribution in [-0.4, -0.2) is 26.8 Å². The molecular weight excluding hydrogens is 248 g/mol. The van der Waals surface area contributed by atoms with Gasteiger partial charge in [0.05, 0.1) is 5.25 Å². The van der Waals surface area contributed by atoms with Gasteiger partial charge >= 0.3 is 0 Å². The molecule has 0 amide bonds. The van der Waals surface area contributed by atoms with Crippen LogP contribution in [0, 0.1) is 0 Å². The van der Waals surface area contributed by atoms with Gasteiger partial charge in [0.1, 0.15) is 0 Å². The summed E-state index contributed by atoms with van der Waals surface area (Å²) in [5.41, 5.74) is 0.969. The molecule has 2 N–H and O–H groups in total. The molecular formula is C13H22N2O2S. The molecule has 1 aromatic rings. The zero-order chi connectivity index (χ0) is 13.6. The zero-order valence-electron chi connectivity index (χ0n) is 11.2. The fraction of sp³-hybridized carbons (Fsp3) is 0.538. The van der Waals surface area contributed by atoms with Crippen LogP contribution in [0.5, 0.6) is 0 Å². The van der Waals surface area contributed by atoms with Crippen LogP contribution in [0.2, 0.25) is 0 Å². The van der Waals surface area contributed by atoms with Crippen LogP contribution in [-0.2, 0) is 10.0 Å². The highest BCUT2D eigenvalue weighted by Crippen LogP contribution is 2.13. The number of sulfonamides is 1. The maximum absolute atomic E-state index is 12.1. The van der Waals surface area contributed by atoms with Crippen molar-refractivity contribution in [2.45, 2.75) is 32.1 Å². The van der Waals surface area contributed by atoms with Crippen molar-refractivity contribution in [3.05, 3.63) is 35.9 Å². The normalized spacial score (nSPS) is 15.3. The molecule has 1 aromatic carbocycles. The summed E-state index contributed by atoms with van der Waals surface area (Å²) in [6.07, 6.45) is 0. The van der Waals surface area contributed by atoms with E-state index in [1.165, 1.54) is 0 Å². The lowest BCUT2D eigenvalue weighted by Crippen LogP contribution is -2.39. The van der Waals surface area contributed by atoms with Crippen molar-refractivity contribution < 1.29 is 8.42 Å². The second-order valence-electron chi connectivity index (χ2n) is 4.41. The summed E-state index contributed by atoms with van der Waals surface area (Å²) < 4.78 is 26.9. The monoisotopic (exact) mass is 270 g/mol. The molecule has 2 atom stereocenters. The molecule has 1 rings (SSSR count). The van der Waals surface area contributed by atoms with Crippen molar-refractivity contribution in [2.75, 3.05) is 13.1 Å². The molecule has 102 valence electrons. The van der Waals surface area contributed by atoms with Crippen LogP contribution < -0.4 is 10.0 Å². The summed E-state index contributed by atoms with van der Waals surface area (Å²) in [4.78, 5) is 0. The van der Waals surface area contributed by atoms with Gasteiger partial charge in [0.15, 0.2) is 0 Å². The van der Waals surface area contributed by atoms with Gasteiger partial charge in [0, 0.05) is 12.6 Å². The first kappa shape index (κ1) is 15.1. The van der Waals surface area contributed by atoms with E-state index in [2.05, 4.69) is 10.0 Å². The Balaban J connectivity index is 2.65. The lowest BCUT2D eigenvalue weighted by Gasteiger charge is -2.19. The Morgan fingerprint density at radius 2 is 1.78 bits per heavy atom. The molecule has 4 nitrogen and oxygen atoms in total. The van der Waals surface area contributed by atoms with E-state index in [-0.39, 0.29) is 6.04 Å². The van der Waals surface area contributed by atoms with Gasteiger partial charge in [-0.05, 0) is 26.0 Å². The van der Waals surface area contributed by atoms with E-state index in [1.807, 2.05) is 44.2 Å². The summed E-state index contributed by atoms with van der Waals surface area (Å²) in [5.74, 6) is 0. The van der Waals surface area contributed by atoms with E-state index in [9.17, 15) is 8.42 Å². The number of rotatable bonds is 7. The van der Waals surface area contributed by atoms with E-state index in [1.54, 1.807) is 6.92 Å². The fourth-order valence-corrected chi connectivity index (χ4v) is 2.83. The van der Waals surface area contributed by atoms with Gasteiger partial charge in [-0.15, -0.1) is 0 Å². The largest absolute Gasteiger partial charge is 0.316 e. The summed E-state index contributed by atoms with van der Waals surface area (Å²) >= 11 is 0. The second-order valence-corrected chi connectivity index (χ2v) is 6.54. The molecule has 18 heavy (non-hydrogen) atoms. The van der Waals surface area contributed by atoms with E-state index in [0.29, 0.717) is 6.54 Å². The van der Waals surface area contributed by atoms with Gasteiger partial charge in [-0.25, -0.2) is 13.1 Å². The minimum Gasteiger partial charge on any atom is -0.316 e. The Hall–Kier alpha value is -0.910. The van der Waals surface area contributed by atoms with Crippen LogP contribution in [0.4, 0.5) is 0 Å². The minimum atomic E-state index is -3.29. The van der Waals surface area contributed by atoms with E-state index >= 15 is 0 Å². The first-order valence-electron chi connectivity index (χ1n) is 6.24. The molecule has 0 spiro atoms. The van der Waals surface area contributed by atoms with Crippen molar-refractivity contribution in [3.8, 4) is 0 Å². The van der Waals surface area contributed by atoms with E-state index in [0.717, 1.165) is 12.1 Å². The number of hydrogen-bond donors (Lipinski definition) is 2. The van der Waals surface area contributed by atoms with Crippen LogP contribution in [0.15, 0.2) is 30.3 Å². The third-order valence-corrected chi connectivity index (χ3v) is 4.76. The highest BCUT2D eigenvalue weighted by atomic mass is 32.2. The van der Waals surface area contributed by atoms with Gasteiger partial charge in [-0.1, -0.05) is 37.3 Å². The smallest absolute Gasteiger partial charge is 0.216 e. The van der Waals surface area contributed by atoms with Crippen molar-refractivity contribution >= 4 is 10.0 Å². The third kappa shape index (κ3) is 4.40. The lowest BCUT2D eigenvalue weighted by atomic mass is 10.1. The molecule has 0 aliphatic rings. The van der Waals surface area contributed by atoms with Crippen molar-refractivity contribution in [3.63, 3.8) is 0 Å². The molecule has 0 aliphatic heterocycles. The zero-order valence-corrected chi connectivity index (χ0v) is 12.0. The van der Waals surface area contributed by atoms with Crippen LogP contribution in [0.25, 0.3) is 0 Å². The van der Waals surface area contributed by atoms with Gasteiger partial charge < -0.3 is 5.32 Å². The Morgan fingerprint density at radius 1 is 1.17 bits per heavy atom. The van der Waals surface area contributed by atoms with Crippen LogP contribution in [0.1, 0.15) is 32.4 Å². The van der Waals surface area contributed by atoms with E-state index < -0.39 is 15.3 Å². The van der Waals surface area contributed by atoms with Crippen molar-refractivity contribution in [1.29, 1.82) is 0 Å². The van der Waals surface area contributed by atoms with Crippen molar-refractivity contribution in [2.24, 2.45) is 0 Å². The Kier molecular flexibility index (Phi) is 5.78. The number of nitrogens with one attached hydrogen (secondary N) is 2. The average molecular weight is 270 g/mol. The average Bonchev–Trinajstić information content (AvgIpc) is 2.36. The Morgan fingerprint density at radius 3 is 2.33 bits per heavy atom. The molecule has 0 saturated carbocycles. The first-order chi connectivity index (χ1) is 8.47. The molecule has 0 aromatic heterocycles. The highest BCUT2D eigenvalue weighted by Gasteiger charge is 2.22.